The second-order valence-electron chi connectivity index (χ2n) is 2.98. The number of hydrogen-bond acceptors (Lipinski definition) is 4. The van der Waals surface area contributed by atoms with Gasteiger partial charge < -0.3 is 13.9 Å². The van der Waals surface area contributed by atoms with Gasteiger partial charge in [-0.3, -0.25) is 4.79 Å². The molecule has 1 atom stereocenters. The predicted octanol–water partition coefficient (Wildman–Crippen LogP) is 1.75. The zero-order valence-electron chi connectivity index (χ0n) is 8.36. The van der Waals surface area contributed by atoms with Gasteiger partial charge in [-0.2, -0.15) is 0 Å². The summed E-state index contributed by atoms with van der Waals surface area (Å²) in [5, 5.41) is 0. The summed E-state index contributed by atoms with van der Waals surface area (Å²) in [6.45, 7) is 2.20. The van der Waals surface area contributed by atoms with Crippen LogP contribution in [-0.2, 0) is 20.9 Å². The molecule has 1 aromatic rings. The fourth-order valence-corrected chi connectivity index (χ4v) is 0.996. The Balaban J connectivity index is 2.21. The topological polar surface area (TPSA) is 48.7 Å². The SMILES string of the molecule is COC(=O)CC(C)OCc1ccco1. The minimum absolute atomic E-state index is 0.160. The zero-order chi connectivity index (χ0) is 10.4. The van der Waals surface area contributed by atoms with Crippen molar-refractivity contribution < 1.29 is 18.7 Å². The second-order valence-corrected chi connectivity index (χ2v) is 2.98. The Morgan fingerprint density at radius 1 is 1.64 bits per heavy atom. The molecule has 0 spiro atoms. The minimum Gasteiger partial charge on any atom is -0.469 e. The molecule has 0 radical (unpaired) electrons. The molecule has 0 bridgehead atoms. The van der Waals surface area contributed by atoms with E-state index in [9.17, 15) is 4.79 Å². The van der Waals surface area contributed by atoms with Crippen molar-refractivity contribution in [3.8, 4) is 0 Å². The van der Waals surface area contributed by atoms with E-state index in [2.05, 4.69) is 4.74 Å². The van der Waals surface area contributed by atoms with Crippen molar-refractivity contribution >= 4 is 5.97 Å². The molecule has 0 aliphatic carbocycles. The minimum atomic E-state index is -0.267. The molecule has 0 saturated carbocycles. The molecule has 4 heteroatoms. The van der Waals surface area contributed by atoms with Gasteiger partial charge in [0.1, 0.15) is 12.4 Å². The van der Waals surface area contributed by atoms with Gasteiger partial charge in [-0.1, -0.05) is 0 Å². The van der Waals surface area contributed by atoms with Gasteiger partial charge in [-0.15, -0.1) is 0 Å². The van der Waals surface area contributed by atoms with Crippen molar-refractivity contribution in [3.63, 3.8) is 0 Å². The molecule has 0 aliphatic heterocycles. The van der Waals surface area contributed by atoms with Gasteiger partial charge in [0.25, 0.3) is 0 Å². The van der Waals surface area contributed by atoms with Crippen LogP contribution in [0, 0.1) is 0 Å². The lowest BCUT2D eigenvalue weighted by Gasteiger charge is -2.09. The first-order valence-electron chi connectivity index (χ1n) is 4.43. The van der Waals surface area contributed by atoms with E-state index in [0.717, 1.165) is 5.76 Å². The van der Waals surface area contributed by atoms with Gasteiger partial charge in [-0.25, -0.2) is 0 Å². The lowest BCUT2D eigenvalue weighted by Crippen LogP contribution is -2.14. The number of rotatable bonds is 5. The molecule has 0 N–H and O–H groups in total. The molecule has 1 rings (SSSR count). The van der Waals surface area contributed by atoms with Crippen molar-refractivity contribution in [2.75, 3.05) is 7.11 Å². The third kappa shape index (κ3) is 3.62. The quantitative estimate of drug-likeness (QED) is 0.676. The largest absolute Gasteiger partial charge is 0.469 e. The summed E-state index contributed by atoms with van der Waals surface area (Å²) in [6.07, 6.45) is 1.69. The number of carbonyl (C=O) groups excluding carboxylic acids is 1. The van der Waals surface area contributed by atoms with Crippen LogP contribution < -0.4 is 0 Å². The van der Waals surface area contributed by atoms with Crippen LogP contribution in [0.25, 0.3) is 0 Å². The lowest BCUT2D eigenvalue weighted by atomic mass is 10.3. The highest BCUT2D eigenvalue weighted by atomic mass is 16.5. The normalized spacial score (nSPS) is 12.4. The monoisotopic (exact) mass is 198 g/mol. The smallest absolute Gasteiger partial charge is 0.308 e. The molecule has 1 unspecified atom stereocenters. The molecule has 0 aliphatic rings. The molecule has 1 heterocycles. The van der Waals surface area contributed by atoms with Crippen molar-refractivity contribution in [2.45, 2.75) is 26.1 Å². The summed E-state index contributed by atoms with van der Waals surface area (Å²) in [5.74, 6) is 0.485. The van der Waals surface area contributed by atoms with Crippen molar-refractivity contribution in [3.05, 3.63) is 24.2 Å². The number of carbonyl (C=O) groups is 1. The molecule has 4 nitrogen and oxygen atoms in total. The van der Waals surface area contributed by atoms with E-state index in [4.69, 9.17) is 9.15 Å². The second kappa shape index (κ2) is 5.44. The number of ether oxygens (including phenoxy) is 2. The Hall–Kier alpha value is -1.29. The van der Waals surface area contributed by atoms with Crippen LogP contribution in [0.4, 0.5) is 0 Å². The molecule has 14 heavy (non-hydrogen) atoms. The molecule has 78 valence electrons. The zero-order valence-corrected chi connectivity index (χ0v) is 8.36. The summed E-state index contributed by atoms with van der Waals surface area (Å²) in [5.41, 5.74) is 0. The number of furan rings is 1. The Morgan fingerprint density at radius 3 is 3.00 bits per heavy atom. The van der Waals surface area contributed by atoms with Crippen LogP contribution in [0.5, 0.6) is 0 Å². The number of esters is 1. The Kier molecular flexibility index (Phi) is 4.19. The summed E-state index contributed by atoms with van der Waals surface area (Å²) in [6, 6.07) is 3.62. The molecule has 0 aromatic carbocycles. The molecular formula is C10H14O4. The maximum Gasteiger partial charge on any atom is 0.308 e. The first-order chi connectivity index (χ1) is 6.72. The van der Waals surface area contributed by atoms with Crippen molar-refractivity contribution in [1.82, 2.24) is 0 Å². The summed E-state index contributed by atoms with van der Waals surface area (Å²) < 4.78 is 15.0. The summed E-state index contributed by atoms with van der Waals surface area (Å²) >= 11 is 0. The van der Waals surface area contributed by atoms with Crippen LogP contribution >= 0.6 is 0 Å². The fraction of sp³-hybridized carbons (Fsp3) is 0.500. The van der Waals surface area contributed by atoms with Gasteiger partial charge in [0.05, 0.1) is 25.9 Å². The van der Waals surface area contributed by atoms with E-state index in [-0.39, 0.29) is 18.5 Å². The molecular weight excluding hydrogens is 184 g/mol. The van der Waals surface area contributed by atoms with Gasteiger partial charge in [0.15, 0.2) is 0 Å². The maximum absolute atomic E-state index is 10.9. The van der Waals surface area contributed by atoms with Crippen LogP contribution in [0.1, 0.15) is 19.1 Å². The van der Waals surface area contributed by atoms with E-state index in [0.29, 0.717) is 6.61 Å². The predicted molar refractivity (Wildman–Crippen MR) is 49.6 cm³/mol. The maximum atomic E-state index is 10.9. The standard InChI is InChI=1S/C10H14O4/c1-8(6-10(11)12-2)14-7-9-4-3-5-13-9/h3-5,8H,6-7H2,1-2H3. The van der Waals surface area contributed by atoms with Gasteiger partial charge in [0, 0.05) is 0 Å². The van der Waals surface area contributed by atoms with Crippen LogP contribution in [-0.4, -0.2) is 19.2 Å². The van der Waals surface area contributed by atoms with E-state index < -0.39 is 0 Å². The molecule has 0 saturated heterocycles. The lowest BCUT2D eigenvalue weighted by molar-refractivity contribution is -0.143. The van der Waals surface area contributed by atoms with E-state index in [1.807, 2.05) is 13.0 Å². The van der Waals surface area contributed by atoms with Gasteiger partial charge in [-0.05, 0) is 19.1 Å². The van der Waals surface area contributed by atoms with Crippen molar-refractivity contribution in [1.29, 1.82) is 0 Å². The van der Waals surface area contributed by atoms with E-state index in [1.54, 1.807) is 12.3 Å². The average Bonchev–Trinajstić information content (AvgIpc) is 2.67. The highest BCUT2D eigenvalue weighted by molar-refractivity contribution is 5.69. The fourth-order valence-electron chi connectivity index (χ4n) is 0.996. The Bertz CT molecular complexity index is 266. The average molecular weight is 198 g/mol. The first kappa shape index (κ1) is 10.8. The Morgan fingerprint density at radius 2 is 2.43 bits per heavy atom. The highest BCUT2D eigenvalue weighted by Gasteiger charge is 2.09. The van der Waals surface area contributed by atoms with Crippen LogP contribution in [0.15, 0.2) is 22.8 Å². The highest BCUT2D eigenvalue weighted by Crippen LogP contribution is 2.06. The molecule has 1 aromatic heterocycles. The molecule has 0 fully saturated rings. The van der Waals surface area contributed by atoms with Crippen LogP contribution in [0.2, 0.25) is 0 Å². The van der Waals surface area contributed by atoms with Gasteiger partial charge in [0.2, 0.25) is 0 Å². The summed E-state index contributed by atoms with van der Waals surface area (Å²) in [7, 11) is 1.36. The summed E-state index contributed by atoms with van der Waals surface area (Å²) in [4.78, 5) is 10.9. The Labute approximate surface area is 82.8 Å². The van der Waals surface area contributed by atoms with Crippen molar-refractivity contribution in [2.24, 2.45) is 0 Å². The number of hydrogen-bond donors (Lipinski definition) is 0. The van der Waals surface area contributed by atoms with Gasteiger partial charge >= 0.3 is 5.97 Å². The first-order valence-corrected chi connectivity index (χ1v) is 4.43. The molecule has 0 amide bonds. The van der Waals surface area contributed by atoms with E-state index in [1.165, 1.54) is 7.11 Å². The number of methoxy groups -OCH3 is 1. The third-order valence-corrected chi connectivity index (χ3v) is 1.77. The van der Waals surface area contributed by atoms with Crippen LogP contribution in [0.3, 0.4) is 0 Å². The van der Waals surface area contributed by atoms with E-state index >= 15 is 0 Å². The third-order valence-electron chi connectivity index (χ3n) is 1.77.